The number of aliphatic hydroxyl groups excluding tert-OH is 1. The van der Waals surface area contributed by atoms with Gasteiger partial charge in [-0.2, -0.15) is 0 Å². The first-order valence-electron chi connectivity index (χ1n) is 8.23. The summed E-state index contributed by atoms with van der Waals surface area (Å²) in [6, 6.07) is 7.84. The number of benzene rings is 1. The third kappa shape index (κ3) is 3.80. The first-order chi connectivity index (χ1) is 10.2. The number of hydrogen-bond acceptors (Lipinski definition) is 2. The summed E-state index contributed by atoms with van der Waals surface area (Å²) in [5, 5.41) is 11.4. The third-order valence-electron chi connectivity index (χ3n) is 5.17. The van der Waals surface area contributed by atoms with E-state index in [4.69, 9.17) is 16.3 Å². The average molecular weight is 309 g/mol. The van der Waals surface area contributed by atoms with Crippen LogP contribution >= 0.6 is 11.6 Å². The summed E-state index contributed by atoms with van der Waals surface area (Å²) >= 11 is 6.03. The summed E-state index contributed by atoms with van der Waals surface area (Å²) in [6.07, 6.45) is 8.64. The SMILES string of the molecule is OC(Cc1cccc(Cl)c1)C1CCOC2(CCCCC2)C1. The van der Waals surface area contributed by atoms with Crippen LogP contribution in [0.3, 0.4) is 0 Å². The maximum absolute atomic E-state index is 10.6. The predicted octanol–water partition coefficient (Wildman–Crippen LogP) is 4.37. The molecule has 1 heterocycles. The van der Waals surface area contributed by atoms with E-state index >= 15 is 0 Å². The van der Waals surface area contributed by atoms with E-state index in [1.807, 2.05) is 24.3 Å². The fourth-order valence-corrected chi connectivity index (χ4v) is 4.22. The van der Waals surface area contributed by atoms with Crippen molar-refractivity contribution in [3.05, 3.63) is 34.9 Å². The van der Waals surface area contributed by atoms with Crippen molar-refractivity contribution in [2.24, 2.45) is 5.92 Å². The molecule has 21 heavy (non-hydrogen) atoms. The lowest BCUT2D eigenvalue weighted by Crippen LogP contribution is -2.44. The minimum absolute atomic E-state index is 0.0660. The standard InChI is InChI=1S/C18H25ClO2/c19-16-6-4-5-14(11-16)12-17(20)15-7-10-21-18(13-15)8-2-1-3-9-18/h4-6,11,15,17,20H,1-3,7-10,12-13H2. The molecule has 0 aromatic heterocycles. The van der Waals surface area contributed by atoms with Gasteiger partial charge in [0.1, 0.15) is 0 Å². The molecule has 1 saturated heterocycles. The van der Waals surface area contributed by atoms with Crippen LogP contribution < -0.4 is 0 Å². The van der Waals surface area contributed by atoms with Gasteiger partial charge in [-0.25, -0.2) is 0 Å². The summed E-state index contributed by atoms with van der Waals surface area (Å²) in [5.74, 6) is 0.357. The summed E-state index contributed by atoms with van der Waals surface area (Å²) in [4.78, 5) is 0. The van der Waals surface area contributed by atoms with Gasteiger partial charge >= 0.3 is 0 Å². The van der Waals surface area contributed by atoms with E-state index in [1.54, 1.807) is 0 Å². The van der Waals surface area contributed by atoms with Crippen molar-refractivity contribution in [1.82, 2.24) is 0 Å². The Hall–Kier alpha value is -0.570. The van der Waals surface area contributed by atoms with Crippen molar-refractivity contribution in [3.63, 3.8) is 0 Å². The molecule has 0 bridgehead atoms. The van der Waals surface area contributed by atoms with Crippen LogP contribution in [0.1, 0.15) is 50.5 Å². The van der Waals surface area contributed by atoms with E-state index in [0.717, 1.165) is 30.0 Å². The smallest absolute Gasteiger partial charge is 0.0686 e. The fraction of sp³-hybridized carbons (Fsp3) is 0.667. The normalized spacial score (nSPS) is 26.7. The lowest BCUT2D eigenvalue weighted by molar-refractivity contribution is -0.133. The largest absolute Gasteiger partial charge is 0.392 e. The van der Waals surface area contributed by atoms with Crippen LogP contribution in [0.5, 0.6) is 0 Å². The number of rotatable bonds is 3. The van der Waals surface area contributed by atoms with E-state index < -0.39 is 0 Å². The zero-order chi connectivity index (χ0) is 14.7. The van der Waals surface area contributed by atoms with Crippen molar-refractivity contribution in [1.29, 1.82) is 0 Å². The maximum atomic E-state index is 10.6. The Balaban J connectivity index is 1.62. The minimum atomic E-state index is -0.286. The van der Waals surface area contributed by atoms with Gasteiger partial charge in [0.15, 0.2) is 0 Å². The molecule has 3 rings (SSSR count). The molecule has 2 unspecified atom stereocenters. The highest BCUT2D eigenvalue weighted by Crippen LogP contribution is 2.41. The molecule has 1 aromatic rings. The van der Waals surface area contributed by atoms with Gasteiger partial charge in [-0.1, -0.05) is 43.0 Å². The molecule has 1 aromatic carbocycles. The fourth-order valence-electron chi connectivity index (χ4n) is 4.01. The predicted molar refractivity (Wildman–Crippen MR) is 85.7 cm³/mol. The molecule has 1 aliphatic heterocycles. The molecule has 1 spiro atoms. The van der Waals surface area contributed by atoms with Gasteiger partial charge in [0.25, 0.3) is 0 Å². The average Bonchev–Trinajstić information content (AvgIpc) is 2.48. The molecule has 116 valence electrons. The van der Waals surface area contributed by atoms with Gasteiger partial charge < -0.3 is 9.84 Å². The van der Waals surface area contributed by atoms with Crippen molar-refractivity contribution in [3.8, 4) is 0 Å². The highest BCUT2D eigenvalue weighted by molar-refractivity contribution is 6.30. The van der Waals surface area contributed by atoms with Gasteiger partial charge in [0.05, 0.1) is 11.7 Å². The molecule has 2 nitrogen and oxygen atoms in total. The maximum Gasteiger partial charge on any atom is 0.0686 e. The minimum Gasteiger partial charge on any atom is -0.392 e. The van der Waals surface area contributed by atoms with Gasteiger partial charge in [-0.05, 0) is 55.7 Å². The number of aliphatic hydroxyl groups is 1. The molecule has 1 aliphatic carbocycles. The van der Waals surface area contributed by atoms with Gasteiger partial charge in [0, 0.05) is 11.6 Å². The van der Waals surface area contributed by atoms with Gasteiger partial charge in [-0.15, -0.1) is 0 Å². The summed E-state index contributed by atoms with van der Waals surface area (Å²) in [7, 11) is 0. The topological polar surface area (TPSA) is 29.5 Å². The second kappa shape index (κ2) is 6.68. The Morgan fingerprint density at radius 3 is 2.86 bits per heavy atom. The molecule has 2 aliphatic rings. The number of halogens is 1. The first kappa shape index (κ1) is 15.3. The van der Waals surface area contributed by atoms with Crippen molar-refractivity contribution < 1.29 is 9.84 Å². The number of hydrogen-bond donors (Lipinski definition) is 1. The Bertz CT molecular complexity index is 463. The molecule has 2 fully saturated rings. The molecule has 2 atom stereocenters. The highest BCUT2D eigenvalue weighted by atomic mass is 35.5. The molecule has 0 radical (unpaired) electrons. The van der Waals surface area contributed by atoms with Crippen molar-refractivity contribution >= 4 is 11.6 Å². The summed E-state index contributed by atoms with van der Waals surface area (Å²) in [5.41, 5.74) is 1.19. The van der Waals surface area contributed by atoms with E-state index in [-0.39, 0.29) is 11.7 Å². The zero-order valence-electron chi connectivity index (χ0n) is 12.6. The van der Waals surface area contributed by atoms with Crippen LogP contribution in [-0.2, 0) is 11.2 Å². The second-order valence-electron chi connectivity index (χ2n) is 6.75. The van der Waals surface area contributed by atoms with Gasteiger partial charge in [0.2, 0.25) is 0 Å². The van der Waals surface area contributed by atoms with Crippen LogP contribution in [0.25, 0.3) is 0 Å². The monoisotopic (exact) mass is 308 g/mol. The van der Waals surface area contributed by atoms with E-state index in [9.17, 15) is 5.11 Å². The van der Waals surface area contributed by atoms with Crippen LogP contribution in [0, 0.1) is 5.92 Å². The second-order valence-corrected chi connectivity index (χ2v) is 7.18. The Kier molecular flexibility index (Phi) is 4.88. The Morgan fingerprint density at radius 2 is 2.10 bits per heavy atom. The third-order valence-corrected chi connectivity index (χ3v) is 5.41. The van der Waals surface area contributed by atoms with E-state index in [2.05, 4.69) is 0 Å². The summed E-state index contributed by atoms with van der Waals surface area (Å²) < 4.78 is 6.12. The first-order valence-corrected chi connectivity index (χ1v) is 8.61. The quantitative estimate of drug-likeness (QED) is 0.898. The molecule has 3 heteroatoms. The van der Waals surface area contributed by atoms with Crippen LogP contribution in [-0.4, -0.2) is 23.4 Å². The highest BCUT2D eigenvalue weighted by Gasteiger charge is 2.40. The van der Waals surface area contributed by atoms with Crippen molar-refractivity contribution in [2.75, 3.05) is 6.61 Å². The molecule has 0 amide bonds. The Morgan fingerprint density at radius 1 is 1.29 bits per heavy atom. The van der Waals surface area contributed by atoms with Crippen LogP contribution in [0.2, 0.25) is 5.02 Å². The lowest BCUT2D eigenvalue weighted by atomic mass is 9.74. The molecular formula is C18H25ClO2. The van der Waals surface area contributed by atoms with Gasteiger partial charge in [-0.3, -0.25) is 0 Å². The van der Waals surface area contributed by atoms with Crippen LogP contribution in [0.15, 0.2) is 24.3 Å². The summed E-state index contributed by atoms with van der Waals surface area (Å²) in [6.45, 7) is 0.803. The van der Waals surface area contributed by atoms with E-state index in [0.29, 0.717) is 12.3 Å². The Labute approximate surface area is 132 Å². The molecule has 1 saturated carbocycles. The zero-order valence-corrected chi connectivity index (χ0v) is 13.3. The van der Waals surface area contributed by atoms with Crippen LogP contribution in [0.4, 0.5) is 0 Å². The lowest BCUT2D eigenvalue weighted by Gasteiger charge is -2.44. The van der Waals surface area contributed by atoms with Crippen molar-refractivity contribution in [2.45, 2.75) is 63.1 Å². The van der Waals surface area contributed by atoms with E-state index in [1.165, 1.54) is 32.1 Å². The molecular weight excluding hydrogens is 284 g/mol. The molecule has 1 N–H and O–H groups in total. The number of ether oxygens (including phenoxy) is 1.